The largest absolute Gasteiger partial charge is 0.326 e. The van der Waals surface area contributed by atoms with E-state index in [2.05, 4.69) is 15.6 Å². The van der Waals surface area contributed by atoms with E-state index in [4.69, 9.17) is 0 Å². The summed E-state index contributed by atoms with van der Waals surface area (Å²) in [7, 11) is 0. The predicted octanol–water partition coefficient (Wildman–Crippen LogP) is 1.96. The first-order valence-corrected chi connectivity index (χ1v) is 6.66. The van der Waals surface area contributed by atoms with Gasteiger partial charge >= 0.3 is 4.87 Å². The standard InChI is InChI=1S/C13H13N3O3S/c1-7-11(20-13(19)14-7)12(18)16-10-5-3-9(4-6-10)15-8(2)17/h3-6H,1-2H3,(H,14,19)(H,15,17)(H,16,18). The molecule has 0 unspecified atom stereocenters. The fraction of sp³-hybridized carbons (Fsp3) is 0.154. The van der Waals surface area contributed by atoms with Crippen molar-refractivity contribution in [2.45, 2.75) is 13.8 Å². The Hall–Kier alpha value is -2.41. The molecule has 6 nitrogen and oxygen atoms in total. The van der Waals surface area contributed by atoms with Gasteiger partial charge in [0.1, 0.15) is 4.88 Å². The number of aryl methyl sites for hydroxylation is 1. The van der Waals surface area contributed by atoms with Crippen molar-refractivity contribution in [1.29, 1.82) is 0 Å². The second kappa shape index (κ2) is 5.70. The zero-order valence-corrected chi connectivity index (χ0v) is 11.8. The molecule has 0 bridgehead atoms. The third kappa shape index (κ3) is 3.33. The fourth-order valence-corrected chi connectivity index (χ4v) is 2.39. The van der Waals surface area contributed by atoms with Crippen molar-refractivity contribution in [2.75, 3.05) is 10.6 Å². The van der Waals surface area contributed by atoms with Crippen LogP contribution in [0.1, 0.15) is 22.3 Å². The quantitative estimate of drug-likeness (QED) is 0.807. The number of nitrogens with one attached hydrogen (secondary N) is 3. The van der Waals surface area contributed by atoms with Crippen LogP contribution in [-0.2, 0) is 4.79 Å². The number of aromatic amines is 1. The van der Waals surface area contributed by atoms with Gasteiger partial charge in [0, 0.05) is 24.0 Å². The van der Waals surface area contributed by atoms with Crippen molar-refractivity contribution >= 4 is 34.5 Å². The van der Waals surface area contributed by atoms with Crippen LogP contribution in [0, 0.1) is 6.92 Å². The minimum atomic E-state index is -0.335. The average molecular weight is 291 g/mol. The van der Waals surface area contributed by atoms with Gasteiger partial charge in [-0.05, 0) is 31.2 Å². The molecule has 0 radical (unpaired) electrons. The van der Waals surface area contributed by atoms with E-state index in [0.717, 1.165) is 11.3 Å². The summed E-state index contributed by atoms with van der Waals surface area (Å²) in [4.78, 5) is 36.7. The smallest absolute Gasteiger partial charge is 0.305 e. The minimum Gasteiger partial charge on any atom is -0.326 e. The van der Waals surface area contributed by atoms with Crippen molar-refractivity contribution in [3.05, 3.63) is 44.5 Å². The minimum absolute atomic E-state index is 0.158. The predicted molar refractivity (Wildman–Crippen MR) is 78.4 cm³/mol. The Morgan fingerprint density at radius 2 is 1.65 bits per heavy atom. The number of carbonyl (C=O) groups excluding carboxylic acids is 2. The first kappa shape index (κ1) is 14.0. The van der Waals surface area contributed by atoms with Crippen LogP contribution in [0.4, 0.5) is 11.4 Å². The molecule has 0 aliphatic heterocycles. The molecule has 0 spiro atoms. The molecule has 2 rings (SSSR count). The van der Waals surface area contributed by atoms with Crippen LogP contribution >= 0.6 is 11.3 Å². The van der Waals surface area contributed by atoms with Crippen LogP contribution < -0.4 is 15.5 Å². The molecule has 1 heterocycles. The summed E-state index contributed by atoms with van der Waals surface area (Å²) in [5, 5.41) is 5.33. The van der Waals surface area contributed by atoms with Gasteiger partial charge in [-0.25, -0.2) is 0 Å². The van der Waals surface area contributed by atoms with Gasteiger partial charge < -0.3 is 15.6 Å². The number of anilines is 2. The fourth-order valence-electron chi connectivity index (χ4n) is 1.65. The maximum Gasteiger partial charge on any atom is 0.305 e. The second-order valence-corrected chi connectivity index (χ2v) is 5.16. The Labute approximate surface area is 118 Å². The lowest BCUT2D eigenvalue weighted by molar-refractivity contribution is -0.114. The van der Waals surface area contributed by atoms with Crippen molar-refractivity contribution < 1.29 is 9.59 Å². The summed E-state index contributed by atoms with van der Waals surface area (Å²) in [5.74, 6) is -0.493. The van der Waals surface area contributed by atoms with Gasteiger partial charge in [0.05, 0.1) is 0 Å². The number of hydrogen-bond donors (Lipinski definition) is 3. The lowest BCUT2D eigenvalue weighted by atomic mass is 10.2. The normalized spacial score (nSPS) is 10.1. The molecule has 1 aromatic heterocycles. The number of carbonyl (C=O) groups is 2. The van der Waals surface area contributed by atoms with E-state index in [1.165, 1.54) is 6.92 Å². The van der Waals surface area contributed by atoms with E-state index >= 15 is 0 Å². The number of H-pyrrole nitrogens is 1. The Balaban J connectivity index is 2.10. The van der Waals surface area contributed by atoms with Gasteiger partial charge in [0.25, 0.3) is 5.91 Å². The first-order valence-electron chi connectivity index (χ1n) is 5.84. The van der Waals surface area contributed by atoms with Gasteiger partial charge in [0.15, 0.2) is 0 Å². The summed E-state index contributed by atoms with van der Waals surface area (Å²) in [6.07, 6.45) is 0. The van der Waals surface area contributed by atoms with E-state index in [1.807, 2.05) is 0 Å². The van der Waals surface area contributed by atoms with E-state index in [-0.39, 0.29) is 16.7 Å². The number of rotatable bonds is 3. The van der Waals surface area contributed by atoms with Gasteiger partial charge in [0.2, 0.25) is 5.91 Å². The third-order valence-corrected chi connectivity index (χ3v) is 3.48. The summed E-state index contributed by atoms with van der Waals surface area (Å²) < 4.78 is 0. The lowest BCUT2D eigenvalue weighted by Gasteiger charge is -2.06. The zero-order valence-electron chi connectivity index (χ0n) is 10.9. The van der Waals surface area contributed by atoms with Crippen LogP contribution in [0.5, 0.6) is 0 Å². The Bertz CT molecular complexity index is 700. The second-order valence-electron chi connectivity index (χ2n) is 4.18. The number of hydrogen-bond acceptors (Lipinski definition) is 4. The molecule has 0 fully saturated rings. The Morgan fingerprint density at radius 3 is 2.10 bits per heavy atom. The molecule has 0 saturated heterocycles. The van der Waals surface area contributed by atoms with Crippen LogP contribution in [-0.4, -0.2) is 16.8 Å². The van der Waals surface area contributed by atoms with Crippen LogP contribution in [0.2, 0.25) is 0 Å². The Kier molecular flexibility index (Phi) is 3.99. The van der Waals surface area contributed by atoms with E-state index < -0.39 is 0 Å². The molecular weight excluding hydrogens is 278 g/mol. The molecule has 0 aliphatic rings. The highest BCUT2D eigenvalue weighted by atomic mass is 32.1. The first-order chi connectivity index (χ1) is 9.45. The van der Waals surface area contributed by atoms with Gasteiger partial charge in [-0.2, -0.15) is 0 Å². The van der Waals surface area contributed by atoms with Crippen LogP contribution in [0.25, 0.3) is 0 Å². The summed E-state index contributed by atoms with van der Waals surface area (Å²) in [6.45, 7) is 3.10. The van der Waals surface area contributed by atoms with E-state index in [0.29, 0.717) is 21.9 Å². The molecule has 0 saturated carbocycles. The third-order valence-electron chi connectivity index (χ3n) is 2.49. The maximum absolute atomic E-state index is 12.0. The number of thiazole rings is 1. The molecule has 0 atom stereocenters. The summed E-state index contributed by atoms with van der Waals surface area (Å²) in [5.41, 5.74) is 1.79. The molecule has 104 valence electrons. The monoisotopic (exact) mass is 291 g/mol. The highest BCUT2D eigenvalue weighted by molar-refractivity contribution is 7.11. The zero-order chi connectivity index (χ0) is 14.7. The number of benzene rings is 1. The highest BCUT2D eigenvalue weighted by Crippen LogP contribution is 2.16. The summed E-state index contributed by atoms with van der Waals surface area (Å²) >= 11 is 0.873. The van der Waals surface area contributed by atoms with Gasteiger partial charge in [-0.1, -0.05) is 11.3 Å². The number of amides is 2. The molecule has 20 heavy (non-hydrogen) atoms. The Morgan fingerprint density at radius 1 is 1.10 bits per heavy atom. The van der Waals surface area contributed by atoms with Crippen molar-refractivity contribution in [2.24, 2.45) is 0 Å². The maximum atomic E-state index is 12.0. The van der Waals surface area contributed by atoms with Gasteiger partial charge in [-0.15, -0.1) is 0 Å². The molecular formula is C13H13N3O3S. The van der Waals surface area contributed by atoms with Gasteiger partial charge in [-0.3, -0.25) is 14.4 Å². The molecule has 0 aliphatic carbocycles. The van der Waals surface area contributed by atoms with Crippen molar-refractivity contribution in [1.82, 2.24) is 4.98 Å². The van der Waals surface area contributed by atoms with E-state index in [1.54, 1.807) is 31.2 Å². The van der Waals surface area contributed by atoms with Crippen LogP contribution in [0.3, 0.4) is 0 Å². The lowest BCUT2D eigenvalue weighted by Crippen LogP contribution is -2.11. The van der Waals surface area contributed by atoms with Crippen LogP contribution in [0.15, 0.2) is 29.1 Å². The topological polar surface area (TPSA) is 91.1 Å². The van der Waals surface area contributed by atoms with Crippen molar-refractivity contribution in [3.63, 3.8) is 0 Å². The molecule has 3 N–H and O–H groups in total. The molecule has 2 aromatic rings. The average Bonchev–Trinajstić information content (AvgIpc) is 2.70. The van der Waals surface area contributed by atoms with E-state index in [9.17, 15) is 14.4 Å². The summed E-state index contributed by atoms with van der Waals surface area (Å²) in [6, 6.07) is 6.72. The van der Waals surface area contributed by atoms with Crippen molar-refractivity contribution in [3.8, 4) is 0 Å². The molecule has 7 heteroatoms. The highest BCUT2D eigenvalue weighted by Gasteiger charge is 2.13. The molecule has 2 amide bonds. The number of aromatic nitrogens is 1. The SMILES string of the molecule is CC(=O)Nc1ccc(NC(=O)c2sc(=O)[nH]c2C)cc1. The molecule has 1 aromatic carbocycles.